The van der Waals surface area contributed by atoms with Crippen LogP contribution >= 0.6 is 11.3 Å². The highest BCUT2D eigenvalue weighted by molar-refractivity contribution is 7.13. The molecule has 2 aromatic heterocycles. The molecule has 146 valence electrons. The van der Waals surface area contributed by atoms with Gasteiger partial charge >= 0.3 is 5.97 Å². The van der Waals surface area contributed by atoms with Crippen molar-refractivity contribution in [3.05, 3.63) is 51.8 Å². The molecule has 0 fully saturated rings. The number of methoxy groups -OCH3 is 1. The third-order valence-electron chi connectivity index (χ3n) is 5.39. The van der Waals surface area contributed by atoms with Gasteiger partial charge in [-0.1, -0.05) is 19.9 Å². The maximum Gasteiger partial charge on any atom is 0.336 e. The maximum atomic E-state index is 13.2. The lowest BCUT2D eigenvalue weighted by atomic mass is 9.68. The summed E-state index contributed by atoms with van der Waals surface area (Å²) in [6.45, 7) is 6.05. The van der Waals surface area contributed by atoms with Gasteiger partial charge in [0.1, 0.15) is 0 Å². The first-order valence-corrected chi connectivity index (χ1v) is 10.1. The molecule has 2 aromatic rings. The predicted octanol–water partition coefficient (Wildman–Crippen LogP) is 3.92. The minimum Gasteiger partial charge on any atom is -0.466 e. The lowest BCUT2D eigenvalue weighted by molar-refractivity contribution is -0.136. The quantitative estimate of drug-likeness (QED) is 0.767. The number of carbonyl (C=O) groups excluding carboxylic acids is 2. The van der Waals surface area contributed by atoms with Crippen molar-refractivity contribution in [2.24, 2.45) is 5.41 Å². The van der Waals surface area contributed by atoms with Gasteiger partial charge in [-0.05, 0) is 30.2 Å². The Hall–Kier alpha value is -2.67. The molecule has 1 aliphatic heterocycles. The number of carbonyl (C=O) groups is 2. The zero-order valence-corrected chi connectivity index (χ0v) is 17.2. The number of aromatic nitrogens is 2. The van der Waals surface area contributed by atoms with E-state index in [0.717, 1.165) is 33.9 Å². The molecule has 6 nitrogen and oxygen atoms in total. The summed E-state index contributed by atoms with van der Waals surface area (Å²) in [6.07, 6.45) is 2.92. The van der Waals surface area contributed by atoms with E-state index in [-0.39, 0.29) is 11.2 Å². The van der Waals surface area contributed by atoms with Gasteiger partial charge in [-0.15, -0.1) is 11.3 Å². The van der Waals surface area contributed by atoms with E-state index in [9.17, 15) is 9.59 Å². The summed E-state index contributed by atoms with van der Waals surface area (Å²) < 4.78 is 5.08. The van der Waals surface area contributed by atoms with E-state index >= 15 is 0 Å². The van der Waals surface area contributed by atoms with Crippen molar-refractivity contribution in [2.75, 3.05) is 7.11 Å². The summed E-state index contributed by atoms with van der Waals surface area (Å²) >= 11 is 1.58. The molecular weight excluding hydrogens is 374 g/mol. The summed E-state index contributed by atoms with van der Waals surface area (Å²) in [6, 6.07) is 3.96. The molecular formula is C21H23N3O3S. The number of ether oxygens (including phenoxy) is 1. The zero-order chi connectivity index (χ0) is 20.1. The molecule has 7 heteroatoms. The molecule has 4 rings (SSSR count). The molecule has 0 radical (unpaired) electrons. The number of H-pyrrole nitrogens is 1. The molecule has 0 bridgehead atoms. The highest BCUT2D eigenvalue weighted by Crippen LogP contribution is 2.48. The van der Waals surface area contributed by atoms with Crippen LogP contribution in [0.15, 0.2) is 46.2 Å². The van der Waals surface area contributed by atoms with Gasteiger partial charge in [0.15, 0.2) is 5.78 Å². The Morgan fingerprint density at radius 2 is 2.14 bits per heavy atom. The number of esters is 1. The first-order chi connectivity index (χ1) is 13.3. The molecule has 1 atom stereocenters. The van der Waals surface area contributed by atoms with Crippen LogP contribution in [0.4, 0.5) is 0 Å². The number of rotatable bonds is 3. The Morgan fingerprint density at radius 3 is 2.82 bits per heavy atom. The fourth-order valence-corrected chi connectivity index (χ4v) is 5.00. The molecule has 0 amide bonds. The Balaban J connectivity index is 1.93. The summed E-state index contributed by atoms with van der Waals surface area (Å²) in [5.41, 5.74) is 4.28. The summed E-state index contributed by atoms with van der Waals surface area (Å²) in [7, 11) is 1.37. The first kappa shape index (κ1) is 18.7. The normalized spacial score (nSPS) is 21.4. The maximum absolute atomic E-state index is 13.2. The van der Waals surface area contributed by atoms with Crippen molar-refractivity contribution in [3.8, 4) is 10.6 Å². The number of dihydropyridines is 1. The van der Waals surface area contributed by atoms with E-state index in [0.29, 0.717) is 17.6 Å². The largest absolute Gasteiger partial charge is 0.466 e. The van der Waals surface area contributed by atoms with Gasteiger partial charge in [-0.3, -0.25) is 9.89 Å². The third kappa shape index (κ3) is 2.99. The molecule has 3 heterocycles. The molecule has 2 N–H and O–H groups in total. The number of thiophene rings is 1. The zero-order valence-electron chi connectivity index (χ0n) is 16.4. The average Bonchev–Trinajstić information content (AvgIpc) is 3.29. The van der Waals surface area contributed by atoms with Crippen LogP contribution in [0.5, 0.6) is 0 Å². The van der Waals surface area contributed by atoms with Crippen molar-refractivity contribution >= 4 is 23.1 Å². The van der Waals surface area contributed by atoms with E-state index < -0.39 is 11.9 Å². The third-order valence-corrected chi connectivity index (χ3v) is 6.28. The van der Waals surface area contributed by atoms with Gasteiger partial charge in [0.05, 0.1) is 35.4 Å². The van der Waals surface area contributed by atoms with Crippen molar-refractivity contribution in [1.29, 1.82) is 0 Å². The fraction of sp³-hybridized carbons (Fsp3) is 0.381. The topological polar surface area (TPSA) is 84.1 Å². The van der Waals surface area contributed by atoms with Crippen LogP contribution in [-0.4, -0.2) is 29.1 Å². The van der Waals surface area contributed by atoms with Crippen LogP contribution in [0.25, 0.3) is 10.6 Å². The monoisotopic (exact) mass is 397 g/mol. The van der Waals surface area contributed by atoms with Gasteiger partial charge < -0.3 is 10.1 Å². The molecule has 1 aliphatic carbocycles. The molecule has 0 unspecified atom stereocenters. The van der Waals surface area contributed by atoms with Gasteiger partial charge in [-0.2, -0.15) is 5.10 Å². The lowest BCUT2D eigenvalue weighted by Crippen LogP contribution is -2.38. The van der Waals surface area contributed by atoms with Crippen molar-refractivity contribution in [1.82, 2.24) is 15.5 Å². The van der Waals surface area contributed by atoms with Gasteiger partial charge in [0.25, 0.3) is 0 Å². The minimum absolute atomic E-state index is 0.0657. The highest BCUT2D eigenvalue weighted by Gasteiger charge is 2.44. The number of nitrogens with one attached hydrogen (secondary N) is 2. The average molecular weight is 398 g/mol. The van der Waals surface area contributed by atoms with Crippen LogP contribution in [0.2, 0.25) is 0 Å². The van der Waals surface area contributed by atoms with Gasteiger partial charge in [0, 0.05) is 29.0 Å². The molecule has 28 heavy (non-hydrogen) atoms. The van der Waals surface area contributed by atoms with Gasteiger partial charge in [-0.25, -0.2) is 4.79 Å². The highest BCUT2D eigenvalue weighted by atomic mass is 32.1. The van der Waals surface area contributed by atoms with Crippen molar-refractivity contribution < 1.29 is 14.3 Å². The fourth-order valence-electron chi connectivity index (χ4n) is 4.26. The number of ketones is 1. The molecule has 2 aliphatic rings. The Bertz CT molecular complexity index is 1010. The second kappa shape index (κ2) is 6.74. The minimum atomic E-state index is -0.497. The van der Waals surface area contributed by atoms with Crippen LogP contribution in [0.3, 0.4) is 0 Å². The summed E-state index contributed by atoms with van der Waals surface area (Å²) in [4.78, 5) is 26.9. The van der Waals surface area contributed by atoms with Crippen LogP contribution in [0, 0.1) is 5.41 Å². The molecule has 0 saturated carbocycles. The first-order valence-electron chi connectivity index (χ1n) is 9.22. The van der Waals surface area contributed by atoms with Crippen molar-refractivity contribution in [2.45, 2.75) is 39.5 Å². The Kier molecular flexibility index (Phi) is 4.50. The van der Waals surface area contributed by atoms with Gasteiger partial charge in [0.2, 0.25) is 0 Å². The summed E-state index contributed by atoms with van der Waals surface area (Å²) in [5.74, 6) is -0.864. The van der Waals surface area contributed by atoms with E-state index in [2.05, 4.69) is 29.4 Å². The smallest absolute Gasteiger partial charge is 0.336 e. The molecule has 0 aromatic carbocycles. The van der Waals surface area contributed by atoms with Crippen LogP contribution in [-0.2, 0) is 14.3 Å². The molecule has 0 spiro atoms. The number of aromatic amines is 1. The summed E-state index contributed by atoms with van der Waals surface area (Å²) in [5, 5.41) is 12.6. The van der Waals surface area contributed by atoms with E-state index in [1.807, 2.05) is 24.4 Å². The van der Waals surface area contributed by atoms with Crippen LogP contribution in [0.1, 0.15) is 45.1 Å². The SMILES string of the molecule is COC(=O)C1=C(C)NC2=C(C(=O)CC(C)(C)C2)[C@@H]1c1cn[nH]c1-c1cccs1. The van der Waals surface area contributed by atoms with E-state index in [4.69, 9.17) is 4.74 Å². The number of hydrogen-bond donors (Lipinski definition) is 2. The standard InChI is InChI=1S/C21H23N3O3S/c1-11-16(20(26)27-4)17(12-10-22-24-19(12)15-6-5-7-28-15)18-13(23-11)8-21(2,3)9-14(18)25/h5-7,10,17,23H,8-9H2,1-4H3,(H,22,24)/t17-/m1/s1. The lowest BCUT2D eigenvalue weighted by Gasteiger charge is -2.39. The number of nitrogens with zero attached hydrogens (tertiary/aromatic N) is 1. The van der Waals surface area contributed by atoms with Crippen LogP contribution < -0.4 is 5.32 Å². The van der Waals surface area contributed by atoms with E-state index in [1.165, 1.54) is 7.11 Å². The molecule has 0 saturated heterocycles. The second-order valence-corrected chi connectivity index (χ2v) is 9.05. The number of hydrogen-bond acceptors (Lipinski definition) is 6. The predicted molar refractivity (Wildman–Crippen MR) is 108 cm³/mol. The Morgan fingerprint density at radius 1 is 1.36 bits per heavy atom. The van der Waals surface area contributed by atoms with E-state index in [1.54, 1.807) is 17.5 Å². The second-order valence-electron chi connectivity index (χ2n) is 8.10. The number of allylic oxidation sites excluding steroid dienone is 3. The number of Topliss-reactive ketones (excluding diaryl/α,β-unsaturated/α-hetero) is 1. The van der Waals surface area contributed by atoms with Crippen molar-refractivity contribution in [3.63, 3.8) is 0 Å². The Labute approximate surface area is 167 Å².